The van der Waals surface area contributed by atoms with Crippen molar-refractivity contribution < 1.29 is 5.11 Å². The van der Waals surface area contributed by atoms with Crippen molar-refractivity contribution >= 4 is 11.5 Å². The normalized spacial score (nSPS) is 16.9. The van der Waals surface area contributed by atoms with Crippen LogP contribution in [0.5, 0.6) is 0 Å². The molecule has 3 N–H and O–H groups in total. The molecule has 5 heteroatoms. The van der Waals surface area contributed by atoms with Crippen LogP contribution in [-0.2, 0) is 7.05 Å². The molecule has 0 amide bonds. The number of nitrogen functional groups attached to an aromatic ring is 1. The minimum Gasteiger partial charge on any atom is -0.395 e. The maximum absolute atomic E-state index is 9.41. The van der Waals surface area contributed by atoms with E-state index in [1.54, 1.807) is 0 Å². The van der Waals surface area contributed by atoms with Gasteiger partial charge in [0.2, 0.25) is 0 Å². The minimum absolute atomic E-state index is 0.151. The van der Waals surface area contributed by atoms with Crippen LogP contribution in [0, 0.1) is 0 Å². The third-order valence-corrected chi connectivity index (χ3v) is 4.26. The van der Waals surface area contributed by atoms with Crippen molar-refractivity contribution in [2.75, 3.05) is 23.8 Å². The van der Waals surface area contributed by atoms with Gasteiger partial charge in [0, 0.05) is 19.6 Å². The summed E-state index contributed by atoms with van der Waals surface area (Å²) in [6.07, 6.45) is 6.22. The topological polar surface area (TPSA) is 67.3 Å². The number of aliphatic hydroxyl groups is 1. The van der Waals surface area contributed by atoms with Crippen LogP contribution in [0.1, 0.15) is 57.6 Å². The number of hydrogen-bond donors (Lipinski definition) is 2. The summed E-state index contributed by atoms with van der Waals surface area (Å²) >= 11 is 0. The van der Waals surface area contributed by atoms with Crippen molar-refractivity contribution in [2.24, 2.45) is 7.05 Å². The van der Waals surface area contributed by atoms with Gasteiger partial charge in [-0.1, -0.05) is 33.1 Å². The quantitative estimate of drug-likeness (QED) is 0.868. The summed E-state index contributed by atoms with van der Waals surface area (Å²) in [5.74, 6) is 1.30. The lowest BCUT2D eigenvalue weighted by Crippen LogP contribution is -2.40. The lowest BCUT2D eigenvalue weighted by Gasteiger charge is -2.35. The van der Waals surface area contributed by atoms with E-state index in [0.29, 0.717) is 18.5 Å². The van der Waals surface area contributed by atoms with E-state index < -0.39 is 0 Å². The first kappa shape index (κ1) is 15.2. The van der Waals surface area contributed by atoms with Crippen LogP contribution in [0.3, 0.4) is 0 Å². The van der Waals surface area contributed by atoms with E-state index in [4.69, 9.17) is 5.73 Å². The van der Waals surface area contributed by atoms with Gasteiger partial charge in [-0.15, -0.1) is 0 Å². The lowest BCUT2D eigenvalue weighted by atomic mass is 9.94. The zero-order valence-corrected chi connectivity index (χ0v) is 13.0. The van der Waals surface area contributed by atoms with Gasteiger partial charge in [0.05, 0.1) is 18.0 Å². The molecule has 1 aromatic heterocycles. The minimum atomic E-state index is 0.151. The van der Waals surface area contributed by atoms with Crippen LogP contribution in [-0.4, -0.2) is 34.1 Å². The molecule has 0 radical (unpaired) electrons. The van der Waals surface area contributed by atoms with Crippen LogP contribution in [0.15, 0.2) is 0 Å². The van der Waals surface area contributed by atoms with Crippen molar-refractivity contribution in [1.82, 2.24) is 9.78 Å². The Kier molecular flexibility index (Phi) is 4.91. The van der Waals surface area contributed by atoms with Crippen molar-refractivity contribution in [2.45, 2.75) is 57.9 Å². The SMILES string of the molecule is CC(C)c1nn(C)c(N(CCO)C2CCCCC2)c1N. The molecule has 0 aromatic carbocycles. The number of anilines is 2. The molecule has 0 spiro atoms. The Labute approximate surface area is 121 Å². The second kappa shape index (κ2) is 6.48. The summed E-state index contributed by atoms with van der Waals surface area (Å²) in [7, 11) is 1.95. The molecular formula is C15H28N4O. The van der Waals surface area contributed by atoms with E-state index in [-0.39, 0.29) is 6.61 Å². The number of aromatic nitrogens is 2. The average Bonchev–Trinajstić information content (AvgIpc) is 2.73. The first-order valence-electron chi connectivity index (χ1n) is 7.76. The molecule has 0 unspecified atom stereocenters. The summed E-state index contributed by atoms with van der Waals surface area (Å²) in [5.41, 5.74) is 8.07. The van der Waals surface area contributed by atoms with Gasteiger partial charge >= 0.3 is 0 Å². The molecule has 5 nitrogen and oxygen atoms in total. The number of nitrogens with zero attached hydrogens (tertiary/aromatic N) is 3. The van der Waals surface area contributed by atoms with Gasteiger partial charge in [-0.2, -0.15) is 5.10 Å². The maximum Gasteiger partial charge on any atom is 0.150 e. The lowest BCUT2D eigenvalue weighted by molar-refractivity contribution is 0.288. The zero-order chi connectivity index (χ0) is 14.7. The van der Waals surface area contributed by atoms with Crippen molar-refractivity contribution in [1.29, 1.82) is 0 Å². The Morgan fingerprint density at radius 1 is 1.35 bits per heavy atom. The maximum atomic E-state index is 9.41. The van der Waals surface area contributed by atoms with Crippen molar-refractivity contribution in [3.05, 3.63) is 5.69 Å². The van der Waals surface area contributed by atoms with E-state index in [1.807, 2.05) is 11.7 Å². The van der Waals surface area contributed by atoms with E-state index in [9.17, 15) is 5.11 Å². The van der Waals surface area contributed by atoms with Gasteiger partial charge in [0.1, 0.15) is 0 Å². The van der Waals surface area contributed by atoms with Crippen LogP contribution in [0.2, 0.25) is 0 Å². The van der Waals surface area contributed by atoms with Gasteiger partial charge in [-0.25, -0.2) is 0 Å². The van der Waals surface area contributed by atoms with Crippen LogP contribution >= 0.6 is 0 Å². The molecule has 20 heavy (non-hydrogen) atoms. The summed E-state index contributed by atoms with van der Waals surface area (Å²) < 4.78 is 1.88. The zero-order valence-electron chi connectivity index (χ0n) is 13.0. The second-order valence-electron chi connectivity index (χ2n) is 6.11. The van der Waals surface area contributed by atoms with Crippen molar-refractivity contribution in [3.8, 4) is 0 Å². The Hall–Kier alpha value is -1.23. The number of nitrogens with two attached hydrogens (primary N) is 1. The van der Waals surface area contributed by atoms with Gasteiger partial charge in [0.15, 0.2) is 5.82 Å². The largest absolute Gasteiger partial charge is 0.395 e. The number of aryl methyl sites for hydroxylation is 1. The fourth-order valence-electron chi connectivity index (χ4n) is 3.28. The molecule has 1 heterocycles. The predicted octanol–water partition coefficient (Wildman–Crippen LogP) is 2.26. The molecular weight excluding hydrogens is 252 g/mol. The van der Waals surface area contributed by atoms with Gasteiger partial charge in [0.25, 0.3) is 0 Å². The molecule has 1 fully saturated rings. The highest BCUT2D eigenvalue weighted by Crippen LogP contribution is 2.34. The number of aliphatic hydroxyl groups excluding tert-OH is 1. The molecule has 1 aliphatic rings. The summed E-state index contributed by atoms with van der Waals surface area (Å²) in [4.78, 5) is 2.27. The summed E-state index contributed by atoms with van der Waals surface area (Å²) in [6, 6.07) is 0.480. The highest BCUT2D eigenvalue weighted by molar-refractivity contribution is 5.67. The molecule has 1 aliphatic carbocycles. The van der Waals surface area contributed by atoms with Crippen LogP contribution in [0.4, 0.5) is 11.5 Å². The molecule has 1 saturated carbocycles. The smallest absolute Gasteiger partial charge is 0.150 e. The highest BCUT2D eigenvalue weighted by Gasteiger charge is 2.27. The molecule has 0 atom stereocenters. The van der Waals surface area contributed by atoms with Crippen molar-refractivity contribution in [3.63, 3.8) is 0 Å². The fraction of sp³-hybridized carbons (Fsp3) is 0.800. The standard InChI is InChI=1S/C15H28N4O/c1-11(2)14-13(16)15(18(3)17-14)19(9-10-20)12-7-5-4-6-8-12/h11-12,20H,4-10,16H2,1-3H3. The monoisotopic (exact) mass is 280 g/mol. The third kappa shape index (κ3) is 2.92. The van der Waals surface area contributed by atoms with E-state index in [0.717, 1.165) is 17.2 Å². The van der Waals surface area contributed by atoms with Crippen LogP contribution in [0.25, 0.3) is 0 Å². The molecule has 114 valence electrons. The third-order valence-electron chi connectivity index (χ3n) is 4.26. The number of hydrogen-bond acceptors (Lipinski definition) is 4. The molecule has 1 aromatic rings. The van der Waals surface area contributed by atoms with Gasteiger partial charge < -0.3 is 15.7 Å². The summed E-state index contributed by atoms with van der Waals surface area (Å²) in [5, 5.41) is 14.0. The van der Waals surface area contributed by atoms with Gasteiger partial charge in [-0.05, 0) is 18.8 Å². The Morgan fingerprint density at radius 2 is 2.00 bits per heavy atom. The highest BCUT2D eigenvalue weighted by atomic mass is 16.3. The number of rotatable bonds is 5. The Balaban J connectivity index is 2.33. The molecule has 0 bridgehead atoms. The first-order chi connectivity index (χ1) is 9.56. The summed E-state index contributed by atoms with van der Waals surface area (Å²) in [6.45, 7) is 5.00. The fourth-order valence-corrected chi connectivity index (χ4v) is 3.28. The second-order valence-corrected chi connectivity index (χ2v) is 6.11. The molecule has 0 saturated heterocycles. The van der Waals surface area contributed by atoms with E-state index in [2.05, 4.69) is 23.8 Å². The van der Waals surface area contributed by atoms with E-state index in [1.165, 1.54) is 32.1 Å². The molecule has 0 aliphatic heterocycles. The van der Waals surface area contributed by atoms with E-state index >= 15 is 0 Å². The average molecular weight is 280 g/mol. The molecule has 2 rings (SSSR count). The first-order valence-corrected chi connectivity index (χ1v) is 7.76. The Morgan fingerprint density at radius 3 is 2.50 bits per heavy atom. The predicted molar refractivity (Wildman–Crippen MR) is 83.0 cm³/mol. The Bertz CT molecular complexity index is 435. The van der Waals surface area contributed by atoms with Crippen LogP contribution < -0.4 is 10.6 Å². The van der Waals surface area contributed by atoms with Gasteiger partial charge in [-0.3, -0.25) is 4.68 Å².